The van der Waals surface area contributed by atoms with Gasteiger partial charge >= 0.3 is 0 Å². The van der Waals surface area contributed by atoms with Crippen LogP contribution in [0.25, 0.3) is 0 Å². The van der Waals surface area contributed by atoms with Crippen molar-refractivity contribution in [1.82, 2.24) is 0 Å². The van der Waals surface area contributed by atoms with Crippen molar-refractivity contribution in [2.75, 3.05) is 0 Å². The van der Waals surface area contributed by atoms with Gasteiger partial charge in [0.25, 0.3) is 0 Å². The highest BCUT2D eigenvalue weighted by molar-refractivity contribution is 8.00. The molecule has 0 radical (unpaired) electrons. The Balaban J connectivity index is 1.79. The number of hydrogen-bond donors (Lipinski definition) is 1. The molecule has 88 valence electrons. The summed E-state index contributed by atoms with van der Waals surface area (Å²) in [6, 6.07) is 8.67. The van der Waals surface area contributed by atoms with E-state index in [1.54, 1.807) is 0 Å². The smallest absolute Gasteiger partial charge is 0.0540 e. The van der Waals surface area contributed by atoms with Gasteiger partial charge in [0.15, 0.2) is 0 Å². The van der Waals surface area contributed by atoms with Gasteiger partial charge in [-0.2, -0.15) is 0 Å². The van der Waals surface area contributed by atoms with Gasteiger partial charge in [0, 0.05) is 10.1 Å². The number of fused-ring (bicyclic) bond motifs is 1. The Morgan fingerprint density at radius 1 is 1.38 bits per heavy atom. The lowest BCUT2D eigenvalue weighted by atomic mass is 10.0. The van der Waals surface area contributed by atoms with Crippen LogP contribution in [-0.4, -0.2) is 16.5 Å². The van der Waals surface area contributed by atoms with Crippen LogP contribution in [-0.2, 0) is 6.42 Å². The first-order valence-electron chi connectivity index (χ1n) is 6.22. The maximum absolute atomic E-state index is 9.72. The van der Waals surface area contributed by atoms with Gasteiger partial charge < -0.3 is 5.11 Å². The van der Waals surface area contributed by atoms with Gasteiger partial charge in [-0.3, -0.25) is 0 Å². The summed E-state index contributed by atoms with van der Waals surface area (Å²) in [5, 5.41) is 10.4. The largest absolute Gasteiger partial charge is 0.393 e. The quantitative estimate of drug-likeness (QED) is 0.842. The third-order valence-corrected chi connectivity index (χ3v) is 4.55. The normalized spacial score (nSPS) is 20.8. The maximum Gasteiger partial charge on any atom is 0.0540 e. The summed E-state index contributed by atoms with van der Waals surface area (Å²) in [5.74, 6) is 0. The zero-order chi connectivity index (χ0) is 11.4. The molecule has 0 fully saturated rings. The van der Waals surface area contributed by atoms with Crippen molar-refractivity contribution in [3.05, 3.63) is 29.8 Å². The molecule has 1 N–H and O–H groups in total. The second-order valence-corrected chi connectivity index (χ2v) is 5.91. The van der Waals surface area contributed by atoms with Crippen molar-refractivity contribution in [3.63, 3.8) is 0 Å². The lowest BCUT2D eigenvalue weighted by Crippen LogP contribution is -2.10. The first-order valence-corrected chi connectivity index (χ1v) is 7.10. The van der Waals surface area contributed by atoms with Crippen molar-refractivity contribution in [1.29, 1.82) is 0 Å². The van der Waals surface area contributed by atoms with Crippen LogP contribution in [0, 0.1) is 0 Å². The van der Waals surface area contributed by atoms with E-state index in [0.29, 0.717) is 5.25 Å². The molecule has 2 heteroatoms. The van der Waals surface area contributed by atoms with Crippen molar-refractivity contribution in [2.24, 2.45) is 0 Å². The van der Waals surface area contributed by atoms with Crippen LogP contribution < -0.4 is 0 Å². The van der Waals surface area contributed by atoms with Gasteiger partial charge in [-0.05, 0) is 37.3 Å². The Bertz CT molecular complexity index is 312. The van der Waals surface area contributed by atoms with Crippen LogP contribution in [0.4, 0.5) is 0 Å². The first kappa shape index (κ1) is 12.0. The number of aliphatic hydroxyl groups excluding tert-OH is 1. The minimum atomic E-state index is -0.0886. The fourth-order valence-electron chi connectivity index (χ4n) is 2.27. The van der Waals surface area contributed by atoms with E-state index < -0.39 is 0 Å². The van der Waals surface area contributed by atoms with Gasteiger partial charge in [0.05, 0.1) is 6.10 Å². The molecule has 0 amide bonds. The lowest BCUT2D eigenvalue weighted by molar-refractivity contribution is 0.151. The summed E-state index contributed by atoms with van der Waals surface area (Å²) < 4.78 is 0. The van der Waals surface area contributed by atoms with E-state index in [1.807, 2.05) is 11.8 Å². The molecule has 1 aliphatic rings. The van der Waals surface area contributed by atoms with Gasteiger partial charge in [0.2, 0.25) is 0 Å². The van der Waals surface area contributed by atoms with Crippen LogP contribution in [0.2, 0.25) is 0 Å². The highest BCUT2D eigenvalue weighted by Crippen LogP contribution is 2.38. The molecule has 0 aromatic heterocycles. The summed E-state index contributed by atoms with van der Waals surface area (Å²) in [4.78, 5) is 1.44. The highest BCUT2D eigenvalue weighted by atomic mass is 32.2. The van der Waals surface area contributed by atoms with Crippen LogP contribution >= 0.6 is 11.8 Å². The highest BCUT2D eigenvalue weighted by Gasteiger charge is 2.21. The van der Waals surface area contributed by atoms with E-state index in [1.165, 1.54) is 16.9 Å². The number of aliphatic hydroxyl groups is 1. The monoisotopic (exact) mass is 236 g/mol. The van der Waals surface area contributed by atoms with E-state index in [2.05, 4.69) is 31.2 Å². The minimum Gasteiger partial charge on any atom is -0.393 e. The Morgan fingerprint density at radius 2 is 2.19 bits per heavy atom. The molecule has 2 atom stereocenters. The summed E-state index contributed by atoms with van der Waals surface area (Å²) in [5.41, 5.74) is 1.49. The molecule has 1 aliphatic heterocycles. The van der Waals surface area contributed by atoms with E-state index in [9.17, 15) is 5.11 Å². The van der Waals surface area contributed by atoms with Crippen molar-refractivity contribution in [2.45, 2.75) is 55.3 Å². The number of hydrogen-bond acceptors (Lipinski definition) is 2. The Morgan fingerprint density at radius 3 is 2.94 bits per heavy atom. The van der Waals surface area contributed by atoms with Crippen LogP contribution in [0.5, 0.6) is 0 Å². The van der Waals surface area contributed by atoms with Gasteiger partial charge in [0.1, 0.15) is 0 Å². The standard InChI is InChI=1S/C14H20OS/c1-2-5-12(15)8-9-13-10-11-6-3-4-7-14(11)16-13/h3-4,6-7,12-13,15H,2,5,8-10H2,1H3. The van der Waals surface area contributed by atoms with Crippen molar-refractivity contribution >= 4 is 11.8 Å². The van der Waals surface area contributed by atoms with Crippen LogP contribution in [0.1, 0.15) is 38.2 Å². The molecular formula is C14H20OS. The molecular weight excluding hydrogens is 216 g/mol. The molecule has 2 unspecified atom stereocenters. The second-order valence-electron chi connectivity index (χ2n) is 4.57. The Kier molecular flexibility index (Phi) is 4.30. The van der Waals surface area contributed by atoms with E-state index in [4.69, 9.17) is 0 Å². The van der Waals surface area contributed by atoms with E-state index in [-0.39, 0.29) is 6.10 Å². The van der Waals surface area contributed by atoms with Crippen molar-refractivity contribution < 1.29 is 5.11 Å². The van der Waals surface area contributed by atoms with Gasteiger partial charge in [-0.25, -0.2) is 0 Å². The SMILES string of the molecule is CCCC(O)CCC1Cc2ccccc2S1. The number of rotatable bonds is 5. The maximum atomic E-state index is 9.72. The van der Waals surface area contributed by atoms with Crippen LogP contribution in [0.15, 0.2) is 29.2 Å². The molecule has 0 spiro atoms. The molecule has 0 aliphatic carbocycles. The van der Waals surface area contributed by atoms with Crippen molar-refractivity contribution in [3.8, 4) is 0 Å². The fraction of sp³-hybridized carbons (Fsp3) is 0.571. The summed E-state index contributed by atoms with van der Waals surface area (Å²) in [6.45, 7) is 2.13. The number of benzene rings is 1. The lowest BCUT2D eigenvalue weighted by Gasteiger charge is -2.12. The topological polar surface area (TPSA) is 20.2 Å². The third kappa shape index (κ3) is 3.02. The molecule has 1 aromatic carbocycles. The average Bonchev–Trinajstić information content (AvgIpc) is 2.69. The molecule has 2 rings (SSSR count). The third-order valence-electron chi connectivity index (χ3n) is 3.16. The average molecular weight is 236 g/mol. The molecule has 1 heterocycles. The van der Waals surface area contributed by atoms with Gasteiger partial charge in [-0.1, -0.05) is 31.5 Å². The zero-order valence-electron chi connectivity index (χ0n) is 9.86. The molecule has 0 saturated carbocycles. The Hall–Kier alpha value is -0.470. The fourth-order valence-corrected chi connectivity index (χ4v) is 3.61. The summed E-state index contributed by atoms with van der Waals surface area (Å²) >= 11 is 1.99. The van der Waals surface area contributed by atoms with E-state index >= 15 is 0 Å². The molecule has 1 aromatic rings. The van der Waals surface area contributed by atoms with Crippen LogP contribution in [0.3, 0.4) is 0 Å². The minimum absolute atomic E-state index is 0.0886. The molecule has 1 nitrogen and oxygen atoms in total. The predicted octanol–water partition coefficient (Wildman–Crippen LogP) is 3.64. The number of thioether (sulfide) groups is 1. The zero-order valence-corrected chi connectivity index (χ0v) is 10.7. The second kappa shape index (κ2) is 5.74. The molecule has 0 saturated heterocycles. The van der Waals surface area contributed by atoms with E-state index in [0.717, 1.165) is 25.7 Å². The molecule has 16 heavy (non-hydrogen) atoms. The predicted molar refractivity (Wildman–Crippen MR) is 69.9 cm³/mol. The Labute approximate surface area is 102 Å². The first-order chi connectivity index (χ1) is 7.79. The summed E-state index contributed by atoms with van der Waals surface area (Å²) in [6.07, 6.45) is 5.22. The summed E-state index contributed by atoms with van der Waals surface area (Å²) in [7, 11) is 0. The molecule has 0 bridgehead atoms. The van der Waals surface area contributed by atoms with Gasteiger partial charge in [-0.15, -0.1) is 11.8 Å².